The Bertz CT molecular complexity index is 1070. The second kappa shape index (κ2) is 14.4. The zero-order chi connectivity index (χ0) is 32.2. The molecule has 3 N–H and O–H groups in total. The Kier molecular flexibility index (Phi) is 11.3. The van der Waals surface area contributed by atoms with Gasteiger partial charge in [-0.05, 0) is 130 Å². The normalized spacial score (nSPS) is 28.3. The van der Waals surface area contributed by atoms with Crippen LogP contribution in [0.3, 0.4) is 0 Å². The molecule has 0 aliphatic heterocycles. The Morgan fingerprint density at radius 2 is 1.02 bits per heavy atom. The summed E-state index contributed by atoms with van der Waals surface area (Å²) in [6.07, 6.45) is 12.0. The summed E-state index contributed by atoms with van der Waals surface area (Å²) in [7, 11) is 0. The number of carbonyl (C=O) groups excluding carboxylic acids is 3. The first-order valence-corrected chi connectivity index (χ1v) is 17.7. The molecule has 246 valence electrons. The summed E-state index contributed by atoms with van der Waals surface area (Å²) in [5.41, 5.74) is 2.16. The number of benzene rings is 1. The van der Waals surface area contributed by atoms with Crippen LogP contribution in [0.4, 0.5) is 11.4 Å². The van der Waals surface area contributed by atoms with Crippen molar-refractivity contribution in [3.05, 3.63) is 23.8 Å². The van der Waals surface area contributed by atoms with Crippen LogP contribution in [0.5, 0.6) is 0 Å². The van der Waals surface area contributed by atoms with Gasteiger partial charge in [0.15, 0.2) is 0 Å². The van der Waals surface area contributed by atoms with E-state index in [4.69, 9.17) is 0 Å². The van der Waals surface area contributed by atoms with E-state index in [0.717, 1.165) is 83.0 Å². The SMILES string of the molecule is CC(C)[C@H]1CC[C@@H](NC(=O)c2cc(NC(=O)[C@H]3CC[C@@H](C(C)(C)C)CC3)cc(NC(=O)[C@H]3CC[C@@H](C(C)(C)C)CC3)c2)CC1. The molecule has 6 nitrogen and oxygen atoms in total. The van der Waals surface area contributed by atoms with Crippen LogP contribution in [0.25, 0.3) is 0 Å². The maximum absolute atomic E-state index is 13.5. The standard InChI is InChI=1S/C38H61N3O3/c1-24(2)25-13-19-31(20-14-25)39-36(44)28-21-32(40-34(42)26-9-15-29(16-10-26)37(3,4)5)23-33(22-28)41-35(43)27-11-17-30(18-12-27)38(6,7)8/h21-27,29-31H,9-20H2,1-8H3,(H,39,44)(H,40,42)(H,41,43)/t25-,26-,27-,29+,30+,31+. The first-order chi connectivity index (χ1) is 20.6. The van der Waals surface area contributed by atoms with Gasteiger partial charge in [0, 0.05) is 34.8 Å². The van der Waals surface area contributed by atoms with Gasteiger partial charge in [0.25, 0.3) is 5.91 Å². The molecule has 0 heterocycles. The van der Waals surface area contributed by atoms with Gasteiger partial charge in [-0.1, -0.05) is 55.4 Å². The number of amides is 3. The average Bonchev–Trinajstić information content (AvgIpc) is 2.96. The molecule has 0 radical (unpaired) electrons. The minimum absolute atomic E-state index is 0.0136. The molecule has 3 aliphatic carbocycles. The minimum Gasteiger partial charge on any atom is -0.349 e. The number of carbonyl (C=O) groups is 3. The summed E-state index contributed by atoms with van der Waals surface area (Å²) in [6, 6.07) is 5.53. The molecule has 1 aromatic carbocycles. The third-order valence-electron chi connectivity index (χ3n) is 11.4. The van der Waals surface area contributed by atoms with Crippen molar-refractivity contribution in [3.8, 4) is 0 Å². The fourth-order valence-electron chi connectivity index (χ4n) is 8.03. The van der Waals surface area contributed by atoms with Gasteiger partial charge in [-0.3, -0.25) is 14.4 Å². The van der Waals surface area contributed by atoms with Crippen molar-refractivity contribution in [2.45, 2.75) is 138 Å². The van der Waals surface area contributed by atoms with Crippen LogP contribution in [0.2, 0.25) is 0 Å². The molecule has 1 aromatic rings. The molecule has 3 amide bonds. The summed E-state index contributed by atoms with van der Waals surface area (Å²) < 4.78 is 0. The molecule has 0 atom stereocenters. The van der Waals surface area contributed by atoms with Gasteiger partial charge in [-0.2, -0.15) is 0 Å². The topological polar surface area (TPSA) is 87.3 Å². The van der Waals surface area contributed by atoms with Crippen molar-refractivity contribution in [2.75, 3.05) is 10.6 Å². The van der Waals surface area contributed by atoms with Crippen molar-refractivity contribution in [2.24, 2.45) is 46.3 Å². The van der Waals surface area contributed by atoms with Crippen molar-refractivity contribution < 1.29 is 14.4 Å². The van der Waals surface area contributed by atoms with Crippen LogP contribution in [-0.4, -0.2) is 23.8 Å². The second-order valence-electron chi connectivity index (χ2n) is 16.9. The molecular formula is C38H61N3O3. The third-order valence-corrected chi connectivity index (χ3v) is 11.4. The van der Waals surface area contributed by atoms with Gasteiger partial charge in [-0.25, -0.2) is 0 Å². The van der Waals surface area contributed by atoms with E-state index in [1.54, 1.807) is 12.1 Å². The molecule has 4 rings (SSSR count). The fraction of sp³-hybridized carbons (Fsp3) is 0.763. The third kappa shape index (κ3) is 9.33. The molecular weight excluding hydrogens is 546 g/mol. The van der Waals surface area contributed by atoms with E-state index in [2.05, 4.69) is 71.3 Å². The number of hydrogen-bond donors (Lipinski definition) is 3. The summed E-state index contributed by atoms with van der Waals surface area (Å²) in [6.45, 7) is 18.3. The highest BCUT2D eigenvalue weighted by Gasteiger charge is 2.34. The highest BCUT2D eigenvalue weighted by Crippen LogP contribution is 2.41. The molecule has 0 bridgehead atoms. The molecule has 0 aromatic heterocycles. The van der Waals surface area contributed by atoms with E-state index in [1.807, 2.05) is 6.07 Å². The number of nitrogens with one attached hydrogen (secondary N) is 3. The molecule has 0 unspecified atom stereocenters. The maximum Gasteiger partial charge on any atom is 0.251 e. The Labute approximate surface area is 267 Å². The van der Waals surface area contributed by atoms with E-state index in [9.17, 15) is 14.4 Å². The van der Waals surface area contributed by atoms with Crippen LogP contribution in [0.1, 0.15) is 143 Å². The van der Waals surface area contributed by atoms with Gasteiger partial charge in [0.1, 0.15) is 0 Å². The lowest BCUT2D eigenvalue weighted by Crippen LogP contribution is -2.38. The van der Waals surface area contributed by atoms with Gasteiger partial charge in [0.05, 0.1) is 0 Å². The summed E-state index contributed by atoms with van der Waals surface area (Å²) >= 11 is 0. The van der Waals surface area contributed by atoms with E-state index < -0.39 is 0 Å². The lowest BCUT2D eigenvalue weighted by atomic mass is 9.69. The van der Waals surface area contributed by atoms with Crippen LogP contribution < -0.4 is 16.0 Å². The van der Waals surface area contributed by atoms with Crippen LogP contribution in [0.15, 0.2) is 18.2 Å². The monoisotopic (exact) mass is 607 g/mol. The summed E-state index contributed by atoms with van der Waals surface area (Å²) in [5.74, 6) is 2.49. The minimum atomic E-state index is -0.138. The predicted molar refractivity (Wildman–Crippen MR) is 182 cm³/mol. The highest BCUT2D eigenvalue weighted by atomic mass is 16.2. The van der Waals surface area contributed by atoms with Crippen LogP contribution >= 0.6 is 0 Å². The van der Waals surface area contributed by atoms with Crippen molar-refractivity contribution in [3.63, 3.8) is 0 Å². The second-order valence-corrected chi connectivity index (χ2v) is 16.9. The lowest BCUT2D eigenvalue weighted by molar-refractivity contribution is -0.122. The molecule has 0 saturated heterocycles. The Morgan fingerprint density at radius 3 is 1.39 bits per heavy atom. The smallest absolute Gasteiger partial charge is 0.251 e. The highest BCUT2D eigenvalue weighted by molar-refractivity contribution is 6.01. The fourth-order valence-corrected chi connectivity index (χ4v) is 8.03. The molecule has 6 heteroatoms. The molecule has 3 saturated carbocycles. The van der Waals surface area contributed by atoms with Crippen molar-refractivity contribution >= 4 is 29.1 Å². The van der Waals surface area contributed by atoms with Gasteiger partial charge in [-0.15, -0.1) is 0 Å². The summed E-state index contributed by atoms with van der Waals surface area (Å²) in [5, 5.41) is 9.51. The largest absolute Gasteiger partial charge is 0.349 e. The molecule has 0 spiro atoms. The zero-order valence-electron chi connectivity index (χ0n) is 29.0. The van der Waals surface area contributed by atoms with E-state index >= 15 is 0 Å². The number of rotatable bonds is 7. The van der Waals surface area contributed by atoms with E-state index in [1.165, 1.54) is 0 Å². The van der Waals surface area contributed by atoms with Gasteiger partial charge >= 0.3 is 0 Å². The summed E-state index contributed by atoms with van der Waals surface area (Å²) in [4.78, 5) is 40.3. The van der Waals surface area contributed by atoms with E-state index in [0.29, 0.717) is 34.7 Å². The number of hydrogen-bond acceptors (Lipinski definition) is 3. The van der Waals surface area contributed by atoms with Crippen LogP contribution in [0, 0.1) is 46.3 Å². The Balaban J connectivity index is 1.45. The van der Waals surface area contributed by atoms with Crippen LogP contribution in [-0.2, 0) is 9.59 Å². The Morgan fingerprint density at radius 1 is 0.614 bits per heavy atom. The van der Waals surface area contributed by atoms with Gasteiger partial charge < -0.3 is 16.0 Å². The maximum atomic E-state index is 13.5. The van der Waals surface area contributed by atoms with Gasteiger partial charge in [0.2, 0.25) is 11.8 Å². The zero-order valence-corrected chi connectivity index (χ0v) is 29.0. The Hall–Kier alpha value is -2.37. The first-order valence-electron chi connectivity index (χ1n) is 17.7. The molecule has 3 fully saturated rings. The number of anilines is 2. The quantitative estimate of drug-likeness (QED) is 0.289. The molecule has 3 aliphatic rings. The van der Waals surface area contributed by atoms with Crippen molar-refractivity contribution in [1.29, 1.82) is 0 Å². The lowest BCUT2D eigenvalue weighted by Gasteiger charge is -2.36. The van der Waals surface area contributed by atoms with E-state index in [-0.39, 0.29) is 46.4 Å². The first kappa shape index (κ1) is 34.5. The molecule has 44 heavy (non-hydrogen) atoms. The van der Waals surface area contributed by atoms with Crippen molar-refractivity contribution in [1.82, 2.24) is 5.32 Å². The predicted octanol–water partition coefficient (Wildman–Crippen LogP) is 9.21. The average molecular weight is 608 g/mol.